The number of fused-ring (bicyclic) bond motifs is 3. The van der Waals surface area contributed by atoms with Crippen molar-refractivity contribution in [2.45, 2.75) is 77.2 Å². The second-order valence-corrected chi connectivity index (χ2v) is 9.64. The van der Waals surface area contributed by atoms with E-state index in [9.17, 15) is 4.79 Å². The molecule has 0 spiro atoms. The Bertz CT molecular complexity index is 1120. The molecule has 1 aliphatic heterocycles. The van der Waals surface area contributed by atoms with Crippen LogP contribution in [0.3, 0.4) is 0 Å². The predicted octanol–water partition coefficient (Wildman–Crippen LogP) is 7.19. The quantitative estimate of drug-likeness (QED) is 0.281. The maximum Gasteiger partial charge on any atom is 0.223 e. The summed E-state index contributed by atoms with van der Waals surface area (Å²) in [5.41, 5.74) is 4.46. The van der Waals surface area contributed by atoms with Gasteiger partial charge in [0, 0.05) is 35.1 Å². The van der Waals surface area contributed by atoms with Crippen molar-refractivity contribution in [3.8, 4) is 11.5 Å². The monoisotopic (exact) mass is 476 g/mol. The average Bonchev–Trinajstić information content (AvgIpc) is 3.27. The summed E-state index contributed by atoms with van der Waals surface area (Å²) < 4.78 is 11.2. The van der Waals surface area contributed by atoms with Crippen LogP contribution in [-0.2, 0) is 11.2 Å². The lowest BCUT2D eigenvalue weighted by Gasteiger charge is -2.37. The minimum atomic E-state index is -0.185. The highest BCUT2D eigenvalue weighted by Gasteiger charge is 2.35. The third-order valence-electron chi connectivity index (χ3n) is 7.33. The number of hydrogen-bond acceptors (Lipinski definition) is 3. The molecule has 1 aromatic heterocycles. The van der Waals surface area contributed by atoms with E-state index in [-0.39, 0.29) is 11.9 Å². The number of hydrogen-bond donors (Lipinski definition) is 1. The van der Waals surface area contributed by atoms with Crippen molar-refractivity contribution in [3.63, 3.8) is 0 Å². The maximum atomic E-state index is 13.5. The number of carbonyl (C=O) groups excluding carboxylic acids is 1. The van der Waals surface area contributed by atoms with Crippen molar-refractivity contribution < 1.29 is 14.3 Å². The van der Waals surface area contributed by atoms with E-state index in [0.29, 0.717) is 13.0 Å². The number of para-hydroxylation sites is 1. The molecule has 0 fully saturated rings. The maximum absolute atomic E-state index is 13.5. The van der Waals surface area contributed by atoms with Crippen LogP contribution in [0.4, 0.5) is 0 Å². The minimum absolute atomic E-state index is 0.185. The molecule has 1 aliphatic rings. The van der Waals surface area contributed by atoms with Gasteiger partial charge >= 0.3 is 0 Å². The van der Waals surface area contributed by atoms with Crippen LogP contribution in [0.5, 0.6) is 11.5 Å². The van der Waals surface area contributed by atoms with E-state index in [1.54, 1.807) is 14.2 Å². The van der Waals surface area contributed by atoms with Gasteiger partial charge in [-0.15, -0.1) is 0 Å². The van der Waals surface area contributed by atoms with Crippen LogP contribution >= 0.6 is 0 Å². The van der Waals surface area contributed by atoms with Gasteiger partial charge in [-0.2, -0.15) is 0 Å². The van der Waals surface area contributed by atoms with E-state index < -0.39 is 0 Å². The average molecular weight is 477 g/mol. The molecule has 1 N–H and O–H groups in total. The van der Waals surface area contributed by atoms with Crippen molar-refractivity contribution >= 4 is 16.8 Å². The first kappa shape index (κ1) is 25.2. The summed E-state index contributed by atoms with van der Waals surface area (Å²) in [4.78, 5) is 19.2. The van der Waals surface area contributed by atoms with Crippen LogP contribution in [0.1, 0.15) is 87.6 Å². The predicted molar refractivity (Wildman–Crippen MR) is 142 cm³/mol. The summed E-state index contributed by atoms with van der Waals surface area (Å²) in [5.74, 6) is 1.89. The molecule has 0 aliphatic carbocycles. The van der Waals surface area contributed by atoms with Crippen molar-refractivity contribution in [3.05, 3.63) is 59.3 Å². The van der Waals surface area contributed by atoms with Gasteiger partial charge in [0.1, 0.15) is 17.5 Å². The van der Waals surface area contributed by atoms with Gasteiger partial charge in [-0.1, -0.05) is 70.1 Å². The molecule has 0 radical (unpaired) electrons. The second kappa shape index (κ2) is 12.1. The number of methoxy groups -OCH3 is 2. The molecule has 1 atom stereocenters. The molecule has 0 saturated carbocycles. The van der Waals surface area contributed by atoms with Gasteiger partial charge in [0.25, 0.3) is 0 Å². The number of ether oxygens (including phenoxy) is 2. The zero-order valence-corrected chi connectivity index (χ0v) is 21.6. The Balaban J connectivity index is 1.55. The third kappa shape index (κ3) is 5.66. The van der Waals surface area contributed by atoms with Crippen LogP contribution in [-0.4, -0.2) is 36.6 Å². The summed E-state index contributed by atoms with van der Waals surface area (Å²) in [7, 11) is 3.40. The molecule has 2 heterocycles. The van der Waals surface area contributed by atoms with Gasteiger partial charge in [-0.25, -0.2) is 0 Å². The summed E-state index contributed by atoms with van der Waals surface area (Å²) in [5, 5.41) is 1.18. The lowest BCUT2D eigenvalue weighted by molar-refractivity contribution is -0.133. The highest BCUT2D eigenvalue weighted by Crippen LogP contribution is 2.42. The molecule has 5 nitrogen and oxygen atoms in total. The van der Waals surface area contributed by atoms with E-state index in [4.69, 9.17) is 9.47 Å². The summed E-state index contributed by atoms with van der Waals surface area (Å²) in [6.07, 6.45) is 11.3. The van der Waals surface area contributed by atoms with E-state index >= 15 is 0 Å². The number of rotatable bonds is 12. The van der Waals surface area contributed by atoms with Crippen LogP contribution in [0.2, 0.25) is 0 Å². The van der Waals surface area contributed by atoms with Gasteiger partial charge in [0.05, 0.1) is 14.2 Å². The number of nitrogens with zero attached hydrogens (tertiary/aromatic N) is 1. The molecule has 35 heavy (non-hydrogen) atoms. The van der Waals surface area contributed by atoms with Gasteiger partial charge in [-0.05, 0) is 42.7 Å². The van der Waals surface area contributed by atoms with Crippen LogP contribution < -0.4 is 9.47 Å². The number of benzene rings is 2. The zero-order chi connectivity index (χ0) is 24.6. The SMILES string of the molecule is CCCCCCCCCCC(=O)N1CCc2c([nH]c3ccc(OC)cc23)[C@@H]1c1ccccc1OC. The van der Waals surface area contributed by atoms with E-state index in [2.05, 4.69) is 35.0 Å². The molecular formula is C30H40N2O3. The number of H-pyrrole nitrogens is 1. The van der Waals surface area contributed by atoms with Gasteiger partial charge < -0.3 is 19.4 Å². The van der Waals surface area contributed by atoms with Gasteiger partial charge in [0.2, 0.25) is 5.91 Å². The highest BCUT2D eigenvalue weighted by molar-refractivity contribution is 5.88. The number of aromatic amines is 1. The molecule has 0 saturated heterocycles. The molecule has 4 rings (SSSR count). The minimum Gasteiger partial charge on any atom is -0.497 e. The number of amides is 1. The lowest BCUT2D eigenvalue weighted by atomic mass is 9.91. The standard InChI is InChI=1S/C30H40N2O3/c1-4-5-6-7-8-9-10-11-16-28(33)32-20-19-23-25-21-22(34-2)17-18-26(25)31-29(23)30(32)24-14-12-13-15-27(24)35-3/h12-15,17-18,21,30-31H,4-11,16,19-20H2,1-3H3/t30-/m0/s1. The Kier molecular flexibility index (Phi) is 8.73. The van der Waals surface area contributed by atoms with Crippen LogP contribution in [0.25, 0.3) is 10.9 Å². The number of carbonyl (C=O) groups is 1. The topological polar surface area (TPSA) is 54.6 Å². The third-order valence-corrected chi connectivity index (χ3v) is 7.33. The first-order valence-electron chi connectivity index (χ1n) is 13.3. The van der Waals surface area contributed by atoms with E-state index in [1.807, 2.05) is 24.3 Å². The Labute approximate surface area is 209 Å². The van der Waals surface area contributed by atoms with Crippen molar-refractivity contribution in [1.29, 1.82) is 0 Å². The van der Waals surface area contributed by atoms with E-state index in [1.165, 1.54) is 49.5 Å². The fourth-order valence-electron chi connectivity index (χ4n) is 5.43. The molecule has 0 bridgehead atoms. The fourth-order valence-corrected chi connectivity index (χ4v) is 5.43. The Morgan fingerprint density at radius 1 is 0.971 bits per heavy atom. The number of aromatic nitrogens is 1. The summed E-state index contributed by atoms with van der Waals surface area (Å²) in [6.45, 7) is 2.95. The molecule has 3 aromatic rings. The smallest absolute Gasteiger partial charge is 0.223 e. The van der Waals surface area contributed by atoms with Crippen molar-refractivity contribution in [1.82, 2.24) is 9.88 Å². The molecule has 1 amide bonds. The summed E-state index contributed by atoms with van der Waals surface area (Å²) >= 11 is 0. The van der Waals surface area contributed by atoms with Gasteiger partial charge in [-0.3, -0.25) is 4.79 Å². The second-order valence-electron chi connectivity index (χ2n) is 9.64. The molecule has 0 unspecified atom stereocenters. The van der Waals surface area contributed by atoms with Crippen LogP contribution in [0.15, 0.2) is 42.5 Å². The highest BCUT2D eigenvalue weighted by atomic mass is 16.5. The molecular weight excluding hydrogens is 436 g/mol. The lowest BCUT2D eigenvalue weighted by Crippen LogP contribution is -2.40. The van der Waals surface area contributed by atoms with Crippen molar-refractivity contribution in [2.24, 2.45) is 0 Å². The first-order valence-corrected chi connectivity index (χ1v) is 13.3. The largest absolute Gasteiger partial charge is 0.497 e. The zero-order valence-electron chi connectivity index (χ0n) is 21.6. The number of unbranched alkanes of at least 4 members (excludes halogenated alkanes) is 7. The van der Waals surface area contributed by atoms with Crippen LogP contribution in [0, 0.1) is 0 Å². The Morgan fingerprint density at radius 2 is 1.71 bits per heavy atom. The Hall–Kier alpha value is -2.95. The fraction of sp³-hybridized carbons (Fsp3) is 0.500. The molecule has 5 heteroatoms. The number of nitrogens with one attached hydrogen (secondary N) is 1. The molecule has 2 aromatic carbocycles. The normalized spacial score (nSPS) is 15.3. The summed E-state index contributed by atoms with van der Waals surface area (Å²) in [6, 6.07) is 14.0. The first-order chi connectivity index (χ1) is 17.2. The van der Waals surface area contributed by atoms with Gasteiger partial charge in [0.15, 0.2) is 0 Å². The Morgan fingerprint density at radius 3 is 2.46 bits per heavy atom. The molecule has 188 valence electrons. The van der Waals surface area contributed by atoms with Crippen molar-refractivity contribution in [2.75, 3.05) is 20.8 Å². The van der Waals surface area contributed by atoms with E-state index in [0.717, 1.165) is 47.5 Å².